The molecule has 9 nitrogen and oxygen atoms in total. The van der Waals surface area contributed by atoms with Crippen LogP contribution in [0, 0.1) is 17.2 Å². The molecule has 0 aliphatic carbocycles. The Bertz CT molecular complexity index is 1890. The van der Waals surface area contributed by atoms with E-state index >= 15 is 0 Å². The monoisotopic (exact) mass is 623 g/mol. The number of aryl methyl sites for hydroxylation is 1. The number of hydrogen-bond acceptors (Lipinski definition) is 8. The lowest BCUT2D eigenvalue weighted by Gasteiger charge is -2.36. The first-order valence-corrected chi connectivity index (χ1v) is 15.4. The number of nitrogens with zero attached hydrogens (tertiary/aromatic N) is 6. The van der Waals surface area contributed by atoms with Gasteiger partial charge in [-0.1, -0.05) is 35.5 Å². The van der Waals surface area contributed by atoms with Crippen LogP contribution >= 0.6 is 23.4 Å². The number of carboxylic acids is 1. The Hall–Kier alpha value is -4.43. The maximum absolute atomic E-state index is 11.4. The minimum absolute atomic E-state index is 0.205. The number of aromatic nitrogens is 4. The number of carboxylic acid groups (broad SMARTS) is 1. The third-order valence-corrected chi connectivity index (χ3v) is 9.61. The summed E-state index contributed by atoms with van der Waals surface area (Å²) in [6.07, 6.45) is 8.43. The van der Waals surface area contributed by atoms with Gasteiger partial charge >= 0.3 is 5.97 Å². The molecule has 3 aromatic heterocycles. The number of nitrogens with one attached hydrogen (secondary N) is 1. The molecular formula is C33H30ClN7O2S. The number of hydrogen-bond donors (Lipinski definition) is 2. The molecule has 0 radical (unpaired) electrons. The van der Waals surface area contributed by atoms with Gasteiger partial charge < -0.3 is 15.0 Å². The van der Waals surface area contributed by atoms with Crippen LogP contribution in [0.5, 0.6) is 0 Å². The molecular weight excluding hydrogens is 594 g/mol. The van der Waals surface area contributed by atoms with Crippen LogP contribution in [-0.2, 0) is 18.4 Å². The van der Waals surface area contributed by atoms with E-state index in [1.54, 1.807) is 12.4 Å². The highest BCUT2D eigenvalue weighted by atomic mass is 35.5. The fourth-order valence-electron chi connectivity index (χ4n) is 5.53. The largest absolute Gasteiger partial charge is 0.481 e. The molecule has 0 spiro atoms. The van der Waals surface area contributed by atoms with E-state index in [9.17, 15) is 15.2 Å². The normalized spacial score (nSPS) is 17.0. The quantitative estimate of drug-likeness (QED) is 0.186. The fourth-order valence-corrected chi connectivity index (χ4v) is 6.63. The minimum atomic E-state index is -0.700. The van der Waals surface area contributed by atoms with E-state index in [4.69, 9.17) is 16.6 Å². The molecule has 6 rings (SSSR count). The summed E-state index contributed by atoms with van der Waals surface area (Å²) in [5, 5.41) is 24.8. The lowest BCUT2D eigenvalue weighted by atomic mass is 9.91. The van der Waals surface area contributed by atoms with Gasteiger partial charge in [-0.3, -0.25) is 19.7 Å². The van der Waals surface area contributed by atoms with Crippen LogP contribution in [0.1, 0.15) is 30.9 Å². The number of imidazole rings is 1. The van der Waals surface area contributed by atoms with Crippen molar-refractivity contribution in [2.45, 2.75) is 42.4 Å². The van der Waals surface area contributed by atoms with E-state index in [1.165, 1.54) is 11.8 Å². The lowest BCUT2D eigenvalue weighted by molar-refractivity contribution is -0.144. The molecule has 2 aromatic carbocycles. The molecule has 1 fully saturated rings. The minimum Gasteiger partial charge on any atom is -0.481 e. The zero-order valence-corrected chi connectivity index (χ0v) is 25.8. The van der Waals surface area contributed by atoms with Crippen LogP contribution in [0.25, 0.3) is 22.2 Å². The zero-order chi connectivity index (χ0) is 30.8. The van der Waals surface area contributed by atoms with E-state index < -0.39 is 5.97 Å². The highest BCUT2D eigenvalue weighted by molar-refractivity contribution is 7.99. The zero-order valence-electron chi connectivity index (χ0n) is 24.2. The van der Waals surface area contributed by atoms with Crippen molar-refractivity contribution in [3.63, 3.8) is 0 Å². The Morgan fingerprint density at radius 3 is 2.70 bits per heavy atom. The average molecular weight is 624 g/mol. The van der Waals surface area contributed by atoms with Gasteiger partial charge in [-0.2, -0.15) is 5.26 Å². The summed E-state index contributed by atoms with van der Waals surface area (Å²) in [6, 6.07) is 18.1. The molecule has 2 atom stereocenters. The molecule has 0 bridgehead atoms. The van der Waals surface area contributed by atoms with E-state index in [1.807, 2.05) is 66.5 Å². The smallest absolute Gasteiger partial charge is 0.306 e. The summed E-state index contributed by atoms with van der Waals surface area (Å²) in [5.74, 6) is -0.961. The molecule has 1 saturated heterocycles. The highest BCUT2D eigenvalue weighted by Crippen LogP contribution is 2.36. The number of fused-ring (bicyclic) bond motifs is 1. The van der Waals surface area contributed by atoms with Gasteiger partial charge in [0.25, 0.3) is 0 Å². The summed E-state index contributed by atoms with van der Waals surface area (Å²) in [6.45, 7) is 3.59. The Morgan fingerprint density at radius 1 is 1.16 bits per heavy atom. The standard InChI is InChI=1S/C33H30ClN7O2S/c1-20-13-23(32(42)43)9-11-41(20)19-21-3-7-28(37-17-21)22-4-6-26-29(14-22)38-18-24(16-35)31(26)39-25-5-8-30(27(34)15-25)44-33-36-10-12-40(33)2/h3-8,10,12,14-15,17-18,20,23H,9,11,13,19H2,1-2H3,(H,38,39)(H,42,43). The van der Waals surface area contributed by atoms with Crippen molar-refractivity contribution < 1.29 is 9.90 Å². The number of anilines is 2. The molecule has 0 saturated carbocycles. The van der Waals surface area contributed by atoms with E-state index in [-0.39, 0.29) is 12.0 Å². The Balaban J connectivity index is 1.20. The number of carbonyl (C=O) groups is 1. The van der Waals surface area contributed by atoms with Gasteiger partial charge in [-0.05, 0) is 68.3 Å². The third-order valence-electron chi connectivity index (χ3n) is 8.04. The van der Waals surface area contributed by atoms with Crippen molar-refractivity contribution in [1.29, 1.82) is 5.26 Å². The van der Waals surface area contributed by atoms with Crippen molar-refractivity contribution in [2.24, 2.45) is 13.0 Å². The Morgan fingerprint density at radius 2 is 2.02 bits per heavy atom. The number of rotatable bonds is 8. The van der Waals surface area contributed by atoms with Crippen LogP contribution in [-0.4, -0.2) is 48.1 Å². The van der Waals surface area contributed by atoms with Crippen LogP contribution in [0.3, 0.4) is 0 Å². The summed E-state index contributed by atoms with van der Waals surface area (Å²) in [4.78, 5) is 28.2. The van der Waals surface area contributed by atoms with Crippen LogP contribution in [0.2, 0.25) is 5.02 Å². The van der Waals surface area contributed by atoms with Crippen LogP contribution in [0.4, 0.5) is 11.4 Å². The fraction of sp³-hybridized carbons (Fsp3) is 0.242. The number of pyridine rings is 2. The van der Waals surface area contributed by atoms with E-state index in [2.05, 4.69) is 39.2 Å². The van der Waals surface area contributed by atoms with Crippen LogP contribution < -0.4 is 5.32 Å². The Kier molecular flexibility index (Phi) is 8.53. The maximum Gasteiger partial charge on any atom is 0.306 e. The number of nitriles is 1. The van der Waals surface area contributed by atoms with E-state index in [0.717, 1.165) is 56.6 Å². The Labute approximate surface area is 264 Å². The molecule has 5 aromatic rings. The molecule has 1 aliphatic rings. The summed E-state index contributed by atoms with van der Waals surface area (Å²) < 4.78 is 1.93. The number of aliphatic carboxylic acids is 1. The molecule has 1 aliphatic heterocycles. The molecule has 4 heterocycles. The molecule has 44 heavy (non-hydrogen) atoms. The van der Waals surface area contributed by atoms with Crippen molar-refractivity contribution in [2.75, 3.05) is 11.9 Å². The van der Waals surface area contributed by atoms with Crippen molar-refractivity contribution in [3.05, 3.63) is 89.5 Å². The predicted octanol–water partition coefficient (Wildman–Crippen LogP) is 7.14. The second-order valence-corrected chi connectivity index (χ2v) is 12.4. The SMILES string of the molecule is CC1CC(C(=O)O)CCN1Cc1ccc(-c2ccc3c(Nc4ccc(Sc5nccn5C)c(Cl)c4)c(C#N)cnc3c2)nc1. The van der Waals surface area contributed by atoms with Gasteiger partial charge in [-0.25, -0.2) is 4.98 Å². The first kappa shape index (κ1) is 29.6. The summed E-state index contributed by atoms with van der Waals surface area (Å²) in [7, 11) is 1.94. The molecule has 222 valence electrons. The second kappa shape index (κ2) is 12.7. The highest BCUT2D eigenvalue weighted by Gasteiger charge is 2.29. The van der Waals surface area contributed by atoms with Crippen molar-refractivity contribution in [1.82, 2.24) is 24.4 Å². The number of piperidine rings is 1. The first-order chi connectivity index (χ1) is 21.3. The number of likely N-dealkylation sites (tertiary alicyclic amines) is 1. The number of halogens is 1. The van der Waals surface area contributed by atoms with Gasteiger partial charge in [0, 0.05) is 66.0 Å². The molecule has 2 unspecified atom stereocenters. The molecule has 11 heteroatoms. The lowest BCUT2D eigenvalue weighted by Crippen LogP contribution is -2.42. The van der Waals surface area contributed by atoms with E-state index in [0.29, 0.717) is 29.1 Å². The topological polar surface area (TPSA) is 120 Å². The third kappa shape index (κ3) is 6.26. The van der Waals surface area contributed by atoms with Crippen molar-refractivity contribution in [3.8, 4) is 17.3 Å². The van der Waals surface area contributed by atoms with Gasteiger partial charge in [0.2, 0.25) is 0 Å². The molecule has 2 N–H and O–H groups in total. The van der Waals surface area contributed by atoms with Gasteiger partial charge in [-0.15, -0.1) is 0 Å². The van der Waals surface area contributed by atoms with Crippen molar-refractivity contribution >= 4 is 51.6 Å². The maximum atomic E-state index is 11.4. The van der Waals surface area contributed by atoms with Gasteiger partial charge in [0.15, 0.2) is 5.16 Å². The van der Waals surface area contributed by atoms with Crippen LogP contribution in [0.15, 0.2) is 83.4 Å². The number of benzene rings is 2. The summed E-state index contributed by atoms with van der Waals surface area (Å²) >= 11 is 8.11. The van der Waals surface area contributed by atoms with Gasteiger partial charge in [0.1, 0.15) is 6.07 Å². The molecule has 0 amide bonds. The second-order valence-electron chi connectivity index (χ2n) is 11.0. The first-order valence-electron chi connectivity index (χ1n) is 14.3. The average Bonchev–Trinajstić information content (AvgIpc) is 3.43. The predicted molar refractivity (Wildman–Crippen MR) is 172 cm³/mol. The van der Waals surface area contributed by atoms with Gasteiger partial charge in [0.05, 0.1) is 33.4 Å². The summed E-state index contributed by atoms with van der Waals surface area (Å²) in [5.41, 5.74) is 5.40.